The average Bonchev–Trinajstić information content (AvgIpc) is 3.04. The normalized spacial score (nSPS) is 14.9. The summed E-state index contributed by atoms with van der Waals surface area (Å²) in [7, 11) is 0. The molecule has 0 aliphatic carbocycles. The van der Waals surface area contributed by atoms with Crippen molar-refractivity contribution in [2.45, 2.75) is 13.2 Å². The number of hydrogen-bond donors (Lipinski definition) is 0. The van der Waals surface area contributed by atoms with Crippen LogP contribution in [0.3, 0.4) is 0 Å². The van der Waals surface area contributed by atoms with Crippen LogP contribution >= 0.6 is 62.5 Å². The number of ether oxygens (including phenoxy) is 1. The maximum absolute atomic E-state index is 13.0. The minimum Gasteiger partial charge on any atom is -0.488 e. The van der Waals surface area contributed by atoms with Gasteiger partial charge >= 0.3 is 0 Å². The van der Waals surface area contributed by atoms with Crippen LogP contribution < -0.4 is 4.74 Å². The lowest BCUT2D eigenvalue weighted by Crippen LogP contribution is -2.27. The van der Waals surface area contributed by atoms with Gasteiger partial charge in [-0.1, -0.05) is 75.0 Å². The van der Waals surface area contributed by atoms with E-state index in [1.165, 1.54) is 4.90 Å². The van der Waals surface area contributed by atoms with E-state index >= 15 is 0 Å². The summed E-state index contributed by atoms with van der Waals surface area (Å²) in [6, 6.07) is 17.9. The lowest BCUT2D eigenvalue weighted by atomic mass is 10.1. The molecule has 3 aromatic carbocycles. The van der Waals surface area contributed by atoms with E-state index < -0.39 is 0 Å². The fourth-order valence-corrected chi connectivity index (χ4v) is 4.85. The first-order valence-corrected chi connectivity index (χ1v) is 12.4. The van der Waals surface area contributed by atoms with Crippen molar-refractivity contribution in [1.29, 1.82) is 0 Å². The highest BCUT2D eigenvalue weighted by Crippen LogP contribution is 2.36. The molecule has 1 saturated heterocycles. The molecule has 4 rings (SSSR count). The topological polar surface area (TPSA) is 46.6 Å². The molecule has 9 heteroatoms. The highest BCUT2D eigenvalue weighted by Gasteiger charge is 2.35. The molecule has 4 nitrogen and oxygen atoms in total. The van der Waals surface area contributed by atoms with Crippen LogP contribution in [0.4, 0.5) is 4.79 Å². The zero-order valence-corrected chi connectivity index (χ0v) is 21.5. The van der Waals surface area contributed by atoms with Crippen molar-refractivity contribution in [2.75, 3.05) is 0 Å². The number of carbonyl (C=O) groups excluding carboxylic acids is 2. The van der Waals surface area contributed by atoms with Crippen molar-refractivity contribution >= 4 is 79.7 Å². The Morgan fingerprint density at radius 1 is 0.939 bits per heavy atom. The molecule has 0 saturated carbocycles. The fourth-order valence-electron chi connectivity index (χ4n) is 3.13. The first-order chi connectivity index (χ1) is 15.8. The summed E-state index contributed by atoms with van der Waals surface area (Å²) in [6.45, 7) is 0.369. The van der Waals surface area contributed by atoms with E-state index in [2.05, 4.69) is 15.9 Å². The largest absolute Gasteiger partial charge is 0.488 e. The maximum atomic E-state index is 13.0. The van der Waals surface area contributed by atoms with Crippen molar-refractivity contribution in [3.8, 4) is 5.75 Å². The van der Waals surface area contributed by atoms with E-state index in [0.717, 1.165) is 21.8 Å². The maximum Gasteiger partial charge on any atom is 0.293 e. The van der Waals surface area contributed by atoms with Crippen LogP contribution in [0, 0.1) is 0 Å². The van der Waals surface area contributed by atoms with Crippen LogP contribution in [-0.2, 0) is 17.9 Å². The Morgan fingerprint density at radius 2 is 1.73 bits per heavy atom. The van der Waals surface area contributed by atoms with Crippen molar-refractivity contribution in [1.82, 2.24) is 4.90 Å². The predicted molar refractivity (Wildman–Crippen MR) is 138 cm³/mol. The molecule has 168 valence electrons. The SMILES string of the molecule is O=C1S/C(=C/c2cc(Br)ccc2OCc2ccccc2Cl)C(=O)N1Cc1ccc(Cl)c(Cl)c1. The van der Waals surface area contributed by atoms with E-state index in [1.54, 1.807) is 36.4 Å². The molecule has 0 N–H and O–H groups in total. The molecule has 3 aromatic rings. The fraction of sp³-hybridized carbons (Fsp3) is 0.0833. The predicted octanol–water partition coefficient (Wildman–Crippen LogP) is 8.22. The quantitative estimate of drug-likeness (QED) is 0.274. The molecule has 0 bridgehead atoms. The van der Waals surface area contributed by atoms with Gasteiger partial charge in [-0.2, -0.15) is 0 Å². The molecule has 1 fully saturated rings. The molecule has 0 spiro atoms. The molecule has 33 heavy (non-hydrogen) atoms. The van der Waals surface area contributed by atoms with Gasteiger partial charge in [-0.25, -0.2) is 0 Å². The van der Waals surface area contributed by atoms with Gasteiger partial charge in [0.2, 0.25) is 0 Å². The molecular weight excluding hydrogens is 569 g/mol. The van der Waals surface area contributed by atoms with Crippen LogP contribution in [0.2, 0.25) is 15.1 Å². The molecule has 2 amide bonds. The van der Waals surface area contributed by atoms with Gasteiger partial charge in [-0.15, -0.1) is 0 Å². The van der Waals surface area contributed by atoms with Crippen LogP contribution in [0.1, 0.15) is 16.7 Å². The summed E-state index contributed by atoms with van der Waals surface area (Å²) < 4.78 is 6.80. The summed E-state index contributed by atoms with van der Waals surface area (Å²) in [6.07, 6.45) is 1.66. The summed E-state index contributed by atoms with van der Waals surface area (Å²) in [4.78, 5) is 27.0. The monoisotopic (exact) mass is 581 g/mol. The lowest BCUT2D eigenvalue weighted by Gasteiger charge is -2.13. The van der Waals surface area contributed by atoms with Crippen molar-refractivity contribution in [3.05, 3.63) is 102 Å². The Bertz CT molecular complexity index is 1280. The van der Waals surface area contributed by atoms with E-state index in [4.69, 9.17) is 39.5 Å². The number of halogens is 4. The van der Waals surface area contributed by atoms with Gasteiger partial charge in [0.15, 0.2) is 0 Å². The summed E-state index contributed by atoms with van der Waals surface area (Å²) >= 11 is 22.6. The number of rotatable bonds is 6. The van der Waals surface area contributed by atoms with Gasteiger partial charge in [-0.05, 0) is 59.8 Å². The Kier molecular flexibility index (Phi) is 7.72. The van der Waals surface area contributed by atoms with Crippen molar-refractivity contribution < 1.29 is 14.3 Å². The zero-order valence-electron chi connectivity index (χ0n) is 16.9. The third-order valence-corrected chi connectivity index (χ3v) is 7.31. The first kappa shape index (κ1) is 24.2. The molecule has 0 radical (unpaired) electrons. The average molecular weight is 584 g/mol. The highest BCUT2D eigenvalue weighted by molar-refractivity contribution is 9.10. The number of carbonyl (C=O) groups is 2. The number of amides is 2. The lowest BCUT2D eigenvalue weighted by molar-refractivity contribution is -0.123. The van der Waals surface area contributed by atoms with Crippen molar-refractivity contribution in [2.24, 2.45) is 0 Å². The highest BCUT2D eigenvalue weighted by atomic mass is 79.9. The first-order valence-electron chi connectivity index (χ1n) is 9.67. The minimum absolute atomic E-state index is 0.104. The Labute approximate surface area is 218 Å². The smallest absolute Gasteiger partial charge is 0.293 e. The number of nitrogens with zero attached hydrogens (tertiary/aromatic N) is 1. The number of thioether (sulfide) groups is 1. The van der Waals surface area contributed by atoms with E-state index in [9.17, 15) is 9.59 Å². The molecular formula is C24H15BrCl3NO3S. The van der Waals surface area contributed by atoms with E-state index in [1.807, 2.05) is 30.3 Å². The third-order valence-electron chi connectivity index (χ3n) is 4.80. The number of hydrogen-bond acceptors (Lipinski definition) is 4. The second kappa shape index (κ2) is 10.5. The van der Waals surface area contributed by atoms with Gasteiger partial charge in [0.05, 0.1) is 21.5 Å². The van der Waals surface area contributed by atoms with Crippen LogP contribution in [0.15, 0.2) is 70.0 Å². The van der Waals surface area contributed by atoms with Crippen LogP contribution in [-0.4, -0.2) is 16.0 Å². The minimum atomic E-state index is -0.381. The van der Waals surface area contributed by atoms with Gasteiger partial charge in [0.25, 0.3) is 11.1 Å². The van der Waals surface area contributed by atoms with Gasteiger partial charge in [-0.3, -0.25) is 14.5 Å². The van der Waals surface area contributed by atoms with Gasteiger partial charge in [0, 0.05) is 20.6 Å². The Morgan fingerprint density at radius 3 is 2.48 bits per heavy atom. The van der Waals surface area contributed by atoms with Crippen LogP contribution in [0.5, 0.6) is 5.75 Å². The van der Waals surface area contributed by atoms with Gasteiger partial charge in [0.1, 0.15) is 12.4 Å². The number of benzene rings is 3. The molecule has 1 aliphatic rings. The molecule has 0 atom stereocenters. The Hall–Kier alpha value is -1.96. The standard InChI is InChI=1S/C24H15BrCl3NO3S/c25-17-6-8-21(32-13-15-3-1-2-4-18(15)26)16(10-17)11-22-23(30)29(24(31)33-22)12-14-5-7-19(27)20(28)9-14/h1-11H,12-13H2/b22-11+. The molecule has 0 aromatic heterocycles. The molecule has 1 aliphatic heterocycles. The zero-order chi connectivity index (χ0) is 23.5. The third kappa shape index (κ3) is 5.76. The molecule has 1 heterocycles. The summed E-state index contributed by atoms with van der Waals surface area (Å²) in [5.41, 5.74) is 2.21. The van der Waals surface area contributed by atoms with E-state index in [0.29, 0.717) is 36.8 Å². The Balaban J connectivity index is 1.56. The van der Waals surface area contributed by atoms with Crippen molar-refractivity contribution in [3.63, 3.8) is 0 Å². The second-order valence-corrected chi connectivity index (χ2v) is 10.2. The van der Waals surface area contributed by atoms with E-state index in [-0.39, 0.29) is 24.3 Å². The molecule has 0 unspecified atom stereocenters. The number of imide groups is 1. The summed E-state index contributed by atoms with van der Waals surface area (Å²) in [5, 5.41) is 1.03. The van der Waals surface area contributed by atoms with Gasteiger partial charge < -0.3 is 4.74 Å². The second-order valence-electron chi connectivity index (χ2n) is 7.08. The van der Waals surface area contributed by atoms with Crippen LogP contribution in [0.25, 0.3) is 6.08 Å². The summed E-state index contributed by atoms with van der Waals surface area (Å²) in [5.74, 6) is 0.183.